The number of rotatable bonds is 3. The van der Waals surface area contributed by atoms with E-state index in [-0.39, 0.29) is 10.9 Å². The number of amidine groups is 1. The minimum Gasteiger partial charge on any atom is -0.308 e. The fourth-order valence-electron chi connectivity index (χ4n) is 2.46. The molecule has 0 bridgehead atoms. The Kier molecular flexibility index (Phi) is 4.77. The largest absolute Gasteiger partial charge is 0.308 e. The van der Waals surface area contributed by atoms with Gasteiger partial charge in [0.2, 0.25) is 0 Å². The van der Waals surface area contributed by atoms with Crippen LogP contribution in [0.3, 0.4) is 0 Å². The lowest BCUT2D eigenvalue weighted by atomic mass is 9.96. The highest BCUT2D eigenvalue weighted by Crippen LogP contribution is 2.21. The molecule has 2 rings (SSSR count). The van der Waals surface area contributed by atoms with Crippen LogP contribution < -0.4 is 11.3 Å². The van der Waals surface area contributed by atoms with Crippen LogP contribution in [0.25, 0.3) is 0 Å². The second-order valence-electron chi connectivity index (χ2n) is 5.21. The zero-order valence-corrected chi connectivity index (χ0v) is 12.5. The van der Waals surface area contributed by atoms with Crippen molar-refractivity contribution in [2.24, 2.45) is 10.8 Å². The molecule has 0 unspecified atom stereocenters. The van der Waals surface area contributed by atoms with Crippen LogP contribution in [0.4, 0.5) is 0 Å². The molecule has 110 valence electrons. The molecule has 1 aliphatic rings. The number of nitrogens with two attached hydrogens (primary N) is 1. The molecule has 0 radical (unpaired) electrons. The van der Waals surface area contributed by atoms with Crippen molar-refractivity contribution in [1.82, 2.24) is 5.43 Å². The van der Waals surface area contributed by atoms with E-state index in [9.17, 15) is 8.42 Å². The lowest BCUT2D eigenvalue weighted by Gasteiger charge is -2.19. The first-order valence-corrected chi connectivity index (χ1v) is 8.75. The molecule has 5 nitrogen and oxygen atoms in total. The normalized spacial score (nSPS) is 18.0. The summed E-state index contributed by atoms with van der Waals surface area (Å²) >= 11 is 0. The predicted molar refractivity (Wildman–Crippen MR) is 80.3 cm³/mol. The molecule has 3 N–H and O–H groups in total. The maximum absolute atomic E-state index is 11.6. The average Bonchev–Trinajstić information content (AvgIpc) is 2.45. The summed E-state index contributed by atoms with van der Waals surface area (Å²) in [5, 5.41) is 0. The van der Waals surface area contributed by atoms with E-state index >= 15 is 0 Å². The number of sulfone groups is 1. The van der Waals surface area contributed by atoms with Gasteiger partial charge in [0.15, 0.2) is 9.84 Å². The van der Waals surface area contributed by atoms with Gasteiger partial charge in [-0.2, -0.15) is 0 Å². The molecule has 0 aromatic heterocycles. The number of hydrogen-bond donors (Lipinski definition) is 2. The third kappa shape index (κ3) is 3.80. The second-order valence-corrected chi connectivity index (χ2v) is 7.23. The van der Waals surface area contributed by atoms with E-state index in [0.717, 1.165) is 12.8 Å². The average molecular weight is 295 g/mol. The van der Waals surface area contributed by atoms with E-state index < -0.39 is 9.84 Å². The standard InChI is InChI=1S/C14H21N3O2S/c1-20(18,19)13-9-5-6-11(10-13)14(17-15)16-12-7-3-2-4-8-12/h5-6,9-10,12H,2-4,7-8,15H2,1H3,(H,16,17). The third-order valence-electron chi connectivity index (χ3n) is 3.56. The Labute approximate surface area is 120 Å². The molecule has 0 amide bonds. The van der Waals surface area contributed by atoms with Crippen LogP contribution in [0.15, 0.2) is 34.2 Å². The summed E-state index contributed by atoms with van der Waals surface area (Å²) in [7, 11) is -3.22. The Morgan fingerprint density at radius 3 is 2.60 bits per heavy atom. The first kappa shape index (κ1) is 15.0. The summed E-state index contributed by atoms with van der Waals surface area (Å²) in [5.41, 5.74) is 3.31. The smallest absolute Gasteiger partial charge is 0.175 e. The maximum atomic E-state index is 11.6. The van der Waals surface area contributed by atoms with Gasteiger partial charge in [-0.3, -0.25) is 4.99 Å². The van der Waals surface area contributed by atoms with Gasteiger partial charge < -0.3 is 5.43 Å². The van der Waals surface area contributed by atoms with Crippen LogP contribution in [0.2, 0.25) is 0 Å². The number of hydrazine groups is 1. The summed E-state index contributed by atoms with van der Waals surface area (Å²) in [4.78, 5) is 4.91. The van der Waals surface area contributed by atoms with Crippen LogP contribution in [0.1, 0.15) is 37.7 Å². The lowest BCUT2D eigenvalue weighted by molar-refractivity contribution is 0.442. The molecule has 0 atom stereocenters. The number of aliphatic imine (C=N–C) groups is 1. The van der Waals surface area contributed by atoms with Gasteiger partial charge in [0.1, 0.15) is 5.84 Å². The molecular formula is C14H21N3O2S. The minimum absolute atomic E-state index is 0.275. The monoisotopic (exact) mass is 295 g/mol. The first-order chi connectivity index (χ1) is 9.50. The van der Waals surface area contributed by atoms with E-state index in [1.165, 1.54) is 25.5 Å². The Balaban J connectivity index is 2.29. The van der Waals surface area contributed by atoms with E-state index in [0.29, 0.717) is 11.4 Å². The van der Waals surface area contributed by atoms with Gasteiger partial charge in [0.05, 0.1) is 10.9 Å². The summed E-state index contributed by atoms with van der Waals surface area (Å²) < 4.78 is 23.2. The first-order valence-electron chi connectivity index (χ1n) is 6.85. The van der Waals surface area contributed by atoms with Gasteiger partial charge in [-0.05, 0) is 25.0 Å². The number of hydrogen-bond acceptors (Lipinski definition) is 4. The molecule has 20 heavy (non-hydrogen) atoms. The number of nitrogens with zero attached hydrogens (tertiary/aromatic N) is 1. The van der Waals surface area contributed by atoms with E-state index in [4.69, 9.17) is 5.84 Å². The zero-order valence-electron chi connectivity index (χ0n) is 11.7. The molecule has 1 aromatic rings. The van der Waals surface area contributed by atoms with Crippen molar-refractivity contribution >= 4 is 15.7 Å². The van der Waals surface area contributed by atoms with Crippen LogP contribution in [0, 0.1) is 0 Å². The lowest BCUT2D eigenvalue weighted by Crippen LogP contribution is -2.33. The van der Waals surface area contributed by atoms with Crippen LogP contribution in [-0.4, -0.2) is 26.6 Å². The SMILES string of the molecule is CS(=O)(=O)c1cccc(C(=NC2CCCCC2)NN)c1. The van der Waals surface area contributed by atoms with Crippen molar-refractivity contribution in [3.8, 4) is 0 Å². The molecule has 1 aliphatic carbocycles. The van der Waals surface area contributed by atoms with Gasteiger partial charge >= 0.3 is 0 Å². The van der Waals surface area contributed by atoms with Gasteiger partial charge in [-0.25, -0.2) is 14.3 Å². The van der Waals surface area contributed by atoms with Gasteiger partial charge in [0.25, 0.3) is 0 Å². The fourth-order valence-corrected chi connectivity index (χ4v) is 3.13. The molecule has 6 heteroatoms. The highest BCUT2D eigenvalue weighted by atomic mass is 32.2. The summed E-state index contributed by atoms with van der Waals surface area (Å²) in [5.74, 6) is 6.11. The van der Waals surface area contributed by atoms with Crippen molar-refractivity contribution < 1.29 is 8.42 Å². The maximum Gasteiger partial charge on any atom is 0.175 e. The molecule has 1 aromatic carbocycles. The molecule has 0 aliphatic heterocycles. The number of nitrogens with one attached hydrogen (secondary N) is 1. The Hall–Kier alpha value is -1.40. The van der Waals surface area contributed by atoms with Crippen LogP contribution in [0.5, 0.6) is 0 Å². The summed E-state index contributed by atoms with van der Waals surface area (Å²) in [6.45, 7) is 0. The van der Waals surface area contributed by atoms with Crippen molar-refractivity contribution in [2.45, 2.75) is 43.0 Å². The number of benzene rings is 1. The minimum atomic E-state index is -3.22. The van der Waals surface area contributed by atoms with E-state index in [1.807, 2.05) is 6.07 Å². The Bertz CT molecular complexity index is 590. The van der Waals surface area contributed by atoms with E-state index in [1.54, 1.807) is 18.2 Å². The molecule has 0 spiro atoms. The van der Waals surface area contributed by atoms with Gasteiger partial charge in [0, 0.05) is 11.8 Å². The van der Waals surface area contributed by atoms with Crippen molar-refractivity contribution in [2.75, 3.05) is 6.26 Å². The van der Waals surface area contributed by atoms with Crippen molar-refractivity contribution in [3.63, 3.8) is 0 Å². The highest BCUT2D eigenvalue weighted by Gasteiger charge is 2.15. The molecule has 1 fully saturated rings. The van der Waals surface area contributed by atoms with Crippen molar-refractivity contribution in [1.29, 1.82) is 0 Å². The third-order valence-corrected chi connectivity index (χ3v) is 4.67. The van der Waals surface area contributed by atoms with Crippen molar-refractivity contribution in [3.05, 3.63) is 29.8 Å². The second kappa shape index (κ2) is 6.37. The zero-order chi connectivity index (χ0) is 14.6. The molecular weight excluding hydrogens is 274 g/mol. The topological polar surface area (TPSA) is 84.5 Å². The predicted octanol–water partition coefficient (Wildman–Crippen LogP) is 1.63. The van der Waals surface area contributed by atoms with E-state index in [2.05, 4.69) is 10.4 Å². The Morgan fingerprint density at radius 2 is 2.00 bits per heavy atom. The summed E-state index contributed by atoms with van der Waals surface area (Å²) in [6, 6.07) is 6.98. The molecule has 0 saturated heterocycles. The van der Waals surface area contributed by atoms with Crippen LogP contribution >= 0.6 is 0 Å². The van der Waals surface area contributed by atoms with Crippen LogP contribution in [-0.2, 0) is 9.84 Å². The molecule has 0 heterocycles. The fraction of sp³-hybridized carbons (Fsp3) is 0.500. The Morgan fingerprint density at radius 1 is 1.30 bits per heavy atom. The highest BCUT2D eigenvalue weighted by molar-refractivity contribution is 7.90. The quantitative estimate of drug-likeness (QED) is 0.384. The van der Waals surface area contributed by atoms with Gasteiger partial charge in [-0.1, -0.05) is 31.4 Å². The molecule has 1 saturated carbocycles. The van der Waals surface area contributed by atoms with Gasteiger partial charge in [-0.15, -0.1) is 0 Å². The summed E-state index contributed by atoms with van der Waals surface area (Å²) in [6.07, 6.45) is 6.97.